The molecule has 92 valence electrons. The highest BCUT2D eigenvalue weighted by Gasteiger charge is 2.30. The largest absolute Gasteiger partial charge is 0.467 e. The van der Waals surface area contributed by atoms with E-state index in [4.69, 9.17) is 9.47 Å². The lowest BCUT2D eigenvalue weighted by Crippen LogP contribution is -2.49. The summed E-state index contributed by atoms with van der Waals surface area (Å²) in [7, 11) is 1.29. The number of carbonyl (C=O) groups excluding carboxylic acids is 2. The fraction of sp³-hybridized carbons (Fsp3) is 0.800. The zero-order valence-corrected chi connectivity index (χ0v) is 9.76. The highest BCUT2D eigenvalue weighted by atomic mass is 16.6. The molecule has 6 heteroatoms. The highest BCUT2D eigenvalue weighted by molar-refractivity contribution is 5.76. The number of nitrogens with zero attached hydrogens (tertiary/aromatic N) is 1. The van der Waals surface area contributed by atoms with Crippen LogP contribution in [-0.2, 0) is 19.0 Å². The topological polar surface area (TPSA) is 65.1 Å². The van der Waals surface area contributed by atoms with Crippen molar-refractivity contribution in [2.75, 3.05) is 26.8 Å². The molecule has 0 spiro atoms. The number of carbonyl (C=O) groups is 2. The van der Waals surface area contributed by atoms with Gasteiger partial charge >= 0.3 is 12.1 Å². The summed E-state index contributed by atoms with van der Waals surface area (Å²) in [5.41, 5.74) is 0. The molecule has 0 aliphatic carbocycles. The number of amides is 1. The van der Waals surface area contributed by atoms with Gasteiger partial charge in [-0.15, -0.1) is 0 Å². The SMILES string of the molecule is COC(=O)C1CN(C(=O)OC(C)C)CCO1. The van der Waals surface area contributed by atoms with Gasteiger partial charge in [0.05, 0.1) is 26.4 Å². The molecule has 0 aromatic rings. The lowest BCUT2D eigenvalue weighted by Gasteiger charge is -2.31. The van der Waals surface area contributed by atoms with Gasteiger partial charge in [0, 0.05) is 6.54 Å². The van der Waals surface area contributed by atoms with Crippen LogP contribution in [0.25, 0.3) is 0 Å². The van der Waals surface area contributed by atoms with E-state index in [-0.39, 0.29) is 12.6 Å². The van der Waals surface area contributed by atoms with Gasteiger partial charge in [-0.1, -0.05) is 0 Å². The number of methoxy groups -OCH3 is 1. The van der Waals surface area contributed by atoms with E-state index in [0.717, 1.165) is 0 Å². The van der Waals surface area contributed by atoms with Crippen LogP contribution in [0.5, 0.6) is 0 Å². The Morgan fingerprint density at radius 1 is 1.44 bits per heavy atom. The molecule has 1 fully saturated rings. The van der Waals surface area contributed by atoms with Crippen LogP contribution in [0.4, 0.5) is 4.79 Å². The van der Waals surface area contributed by atoms with Crippen molar-refractivity contribution < 1.29 is 23.8 Å². The normalized spacial score (nSPS) is 20.8. The maximum atomic E-state index is 11.6. The minimum atomic E-state index is -0.710. The standard InChI is InChI=1S/C10H17NO5/c1-7(2)16-10(13)11-4-5-15-8(6-11)9(12)14-3/h7-8H,4-6H2,1-3H3. The van der Waals surface area contributed by atoms with Gasteiger partial charge in [0.15, 0.2) is 6.10 Å². The minimum Gasteiger partial charge on any atom is -0.467 e. The second kappa shape index (κ2) is 5.69. The molecule has 0 aromatic carbocycles. The summed E-state index contributed by atoms with van der Waals surface area (Å²) in [6.45, 7) is 4.47. The Kier molecular flexibility index (Phi) is 4.54. The Morgan fingerprint density at radius 3 is 2.69 bits per heavy atom. The number of hydrogen-bond acceptors (Lipinski definition) is 5. The number of rotatable bonds is 2. The summed E-state index contributed by atoms with van der Waals surface area (Å²) in [6, 6.07) is 0. The molecule has 1 rings (SSSR count). The predicted molar refractivity (Wildman–Crippen MR) is 54.9 cm³/mol. The average molecular weight is 231 g/mol. The average Bonchev–Trinajstić information content (AvgIpc) is 2.27. The Hall–Kier alpha value is -1.30. The summed E-state index contributed by atoms with van der Waals surface area (Å²) in [6.07, 6.45) is -1.31. The zero-order valence-electron chi connectivity index (χ0n) is 9.76. The molecule has 1 unspecified atom stereocenters. The quantitative estimate of drug-likeness (QED) is 0.644. The Labute approximate surface area is 94.4 Å². The van der Waals surface area contributed by atoms with Crippen LogP contribution in [0.1, 0.15) is 13.8 Å². The third-order valence-electron chi connectivity index (χ3n) is 2.13. The van der Waals surface area contributed by atoms with E-state index in [2.05, 4.69) is 4.74 Å². The third kappa shape index (κ3) is 3.37. The lowest BCUT2D eigenvalue weighted by molar-refractivity contribution is -0.158. The van der Waals surface area contributed by atoms with E-state index in [0.29, 0.717) is 13.2 Å². The van der Waals surface area contributed by atoms with Gasteiger partial charge in [0.2, 0.25) is 0 Å². The molecule has 6 nitrogen and oxygen atoms in total. The monoisotopic (exact) mass is 231 g/mol. The molecule has 1 atom stereocenters. The van der Waals surface area contributed by atoms with Crippen molar-refractivity contribution in [1.82, 2.24) is 4.90 Å². The van der Waals surface area contributed by atoms with Crippen LogP contribution in [0.3, 0.4) is 0 Å². The minimum absolute atomic E-state index is 0.174. The highest BCUT2D eigenvalue weighted by Crippen LogP contribution is 2.09. The summed E-state index contributed by atoms with van der Waals surface area (Å²) < 4.78 is 14.8. The molecule has 1 aliphatic heterocycles. The number of esters is 1. The molecule has 0 saturated carbocycles. The maximum absolute atomic E-state index is 11.6. The van der Waals surface area contributed by atoms with Gasteiger partial charge in [-0.05, 0) is 13.8 Å². The molecular weight excluding hydrogens is 214 g/mol. The van der Waals surface area contributed by atoms with Crippen molar-refractivity contribution in [2.24, 2.45) is 0 Å². The van der Waals surface area contributed by atoms with Crippen LogP contribution in [0.2, 0.25) is 0 Å². The molecule has 1 amide bonds. The second-order valence-corrected chi connectivity index (χ2v) is 3.76. The van der Waals surface area contributed by atoms with Crippen LogP contribution < -0.4 is 0 Å². The molecule has 16 heavy (non-hydrogen) atoms. The van der Waals surface area contributed by atoms with E-state index < -0.39 is 18.2 Å². The van der Waals surface area contributed by atoms with Crippen LogP contribution in [0, 0.1) is 0 Å². The molecule has 0 bridgehead atoms. The Bertz CT molecular complexity index is 266. The van der Waals surface area contributed by atoms with E-state index in [1.807, 2.05) is 0 Å². The summed E-state index contributed by atoms with van der Waals surface area (Å²) in [4.78, 5) is 24.2. The van der Waals surface area contributed by atoms with Crippen molar-refractivity contribution >= 4 is 12.1 Å². The Morgan fingerprint density at radius 2 is 2.12 bits per heavy atom. The van der Waals surface area contributed by atoms with Gasteiger partial charge < -0.3 is 19.1 Å². The van der Waals surface area contributed by atoms with Crippen LogP contribution in [-0.4, -0.2) is 56.0 Å². The van der Waals surface area contributed by atoms with E-state index in [1.165, 1.54) is 12.0 Å². The molecule has 0 radical (unpaired) electrons. The van der Waals surface area contributed by atoms with Gasteiger partial charge in [0.25, 0.3) is 0 Å². The third-order valence-corrected chi connectivity index (χ3v) is 2.13. The first kappa shape index (κ1) is 12.8. The smallest absolute Gasteiger partial charge is 0.410 e. The van der Waals surface area contributed by atoms with Crippen molar-refractivity contribution in [3.8, 4) is 0 Å². The number of morpholine rings is 1. The molecule has 1 saturated heterocycles. The lowest BCUT2D eigenvalue weighted by atomic mass is 10.3. The van der Waals surface area contributed by atoms with Crippen LogP contribution >= 0.6 is 0 Å². The number of ether oxygens (including phenoxy) is 3. The first-order valence-electron chi connectivity index (χ1n) is 5.19. The second-order valence-electron chi connectivity index (χ2n) is 3.76. The van der Waals surface area contributed by atoms with Crippen molar-refractivity contribution in [1.29, 1.82) is 0 Å². The van der Waals surface area contributed by atoms with Gasteiger partial charge in [-0.3, -0.25) is 0 Å². The fourth-order valence-corrected chi connectivity index (χ4v) is 1.37. The molecule has 0 N–H and O–H groups in total. The van der Waals surface area contributed by atoms with E-state index >= 15 is 0 Å². The Balaban J connectivity index is 2.50. The van der Waals surface area contributed by atoms with Gasteiger partial charge in [-0.2, -0.15) is 0 Å². The molecular formula is C10H17NO5. The predicted octanol–water partition coefficient (Wildman–Crippen LogP) is 0.405. The fourth-order valence-electron chi connectivity index (χ4n) is 1.37. The first-order chi connectivity index (χ1) is 7.54. The number of hydrogen-bond donors (Lipinski definition) is 0. The van der Waals surface area contributed by atoms with Crippen molar-refractivity contribution in [3.63, 3.8) is 0 Å². The van der Waals surface area contributed by atoms with Crippen molar-refractivity contribution in [3.05, 3.63) is 0 Å². The molecule has 1 heterocycles. The maximum Gasteiger partial charge on any atom is 0.410 e. The zero-order chi connectivity index (χ0) is 12.1. The summed E-state index contributed by atoms with van der Waals surface area (Å²) >= 11 is 0. The first-order valence-corrected chi connectivity index (χ1v) is 5.19. The van der Waals surface area contributed by atoms with Crippen molar-refractivity contribution in [2.45, 2.75) is 26.1 Å². The molecule has 1 aliphatic rings. The van der Waals surface area contributed by atoms with Gasteiger partial charge in [-0.25, -0.2) is 9.59 Å². The van der Waals surface area contributed by atoms with Gasteiger partial charge in [0.1, 0.15) is 0 Å². The van der Waals surface area contributed by atoms with E-state index in [1.54, 1.807) is 13.8 Å². The molecule has 0 aromatic heterocycles. The van der Waals surface area contributed by atoms with Crippen LogP contribution in [0.15, 0.2) is 0 Å². The summed E-state index contributed by atoms with van der Waals surface area (Å²) in [5.74, 6) is -0.470. The summed E-state index contributed by atoms with van der Waals surface area (Å²) in [5, 5.41) is 0. The van der Waals surface area contributed by atoms with E-state index in [9.17, 15) is 9.59 Å².